The predicted octanol–water partition coefficient (Wildman–Crippen LogP) is 2.08. The largest absolute Gasteiger partial charge is 0.357 e. The minimum Gasteiger partial charge on any atom is -0.357 e. The number of carbonyl (C=O) groups is 2. The van der Waals surface area contributed by atoms with Crippen LogP contribution < -0.4 is 10.9 Å². The number of hydrogen-bond donors (Lipinski definition) is 3. The number of amides is 2. The van der Waals surface area contributed by atoms with Crippen LogP contribution in [0.5, 0.6) is 0 Å². The lowest BCUT2D eigenvalue weighted by atomic mass is 10.4. The summed E-state index contributed by atoms with van der Waals surface area (Å²) in [5.41, 5.74) is 4.98. The van der Waals surface area contributed by atoms with E-state index in [0.29, 0.717) is 5.69 Å². The molecule has 0 aliphatic rings. The van der Waals surface area contributed by atoms with Crippen molar-refractivity contribution in [3.8, 4) is 0 Å². The zero-order valence-corrected chi connectivity index (χ0v) is 11.3. The molecule has 1 aromatic heterocycles. The lowest BCUT2D eigenvalue weighted by Crippen LogP contribution is -2.40. The molecule has 1 aromatic carbocycles. The van der Waals surface area contributed by atoms with Crippen LogP contribution in [0.25, 0.3) is 0 Å². The van der Waals surface area contributed by atoms with E-state index < -0.39 is 11.8 Å². The van der Waals surface area contributed by atoms with Gasteiger partial charge in [0.15, 0.2) is 0 Å². The van der Waals surface area contributed by atoms with Gasteiger partial charge in [0.05, 0.1) is 0 Å². The van der Waals surface area contributed by atoms with Gasteiger partial charge >= 0.3 is 0 Å². The van der Waals surface area contributed by atoms with Gasteiger partial charge < -0.3 is 4.98 Å². The maximum absolute atomic E-state index is 11.5. The molecule has 0 atom stereocenters. The van der Waals surface area contributed by atoms with Crippen molar-refractivity contribution in [3.05, 3.63) is 65.8 Å². The lowest BCUT2D eigenvalue weighted by Gasteiger charge is -2.03. The summed E-state index contributed by atoms with van der Waals surface area (Å²) in [6.45, 7) is 0. The molecule has 1 heterocycles. The quantitative estimate of drug-likeness (QED) is 0.458. The van der Waals surface area contributed by atoms with Crippen molar-refractivity contribution in [1.82, 2.24) is 15.8 Å². The number of carbonyl (C=O) groups excluding carboxylic acids is 2. The van der Waals surface area contributed by atoms with E-state index in [4.69, 9.17) is 0 Å². The van der Waals surface area contributed by atoms with Crippen molar-refractivity contribution in [2.45, 2.75) is 4.90 Å². The van der Waals surface area contributed by atoms with Crippen LogP contribution >= 0.6 is 11.8 Å². The van der Waals surface area contributed by atoms with Gasteiger partial charge in [-0.2, -0.15) is 0 Å². The average molecular weight is 287 g/mol. The Labute approximate surface area is 120 Å². The van der Waals surface area contributed by atoms with E-state index in [0.717, 1.165) is 4.90 Å². The number of hydrogen-bond acceptors (Lipinski definition) is 3. The fourth-order valence-electron chi connectivity index (χ4n) is 1.37. The second kappa shape index (κ2) is 7.20. The average Bonchev–Trinajstić information content (AvgIpc) is 3.00. The minimum atomic E-state index is -0.396. The van der Waals surface area contributed by atoms with Crippen LogP contribution in [-0.2, 0) is 4.79 Å². The summed E-state index contributed by atoms with van der Waals surface area (Å²) >= 11 is 1.42. The number of hydrazine groups is 1. The first-order chi connectivity index (χ1) is 9.75. The van der Waals surface area contributed by atoms with E-state index >= 15 is 0 Å². The van der Waals surface area contributed by atoms with E-state index in [1.807, 2.05) is 30.3 Å². The highest BCUT2D eigenvalue weighted by Crippen LogP contribution is 2.17. The molecule has 0 aliphatic heterocycles. The summed E-state index contributed by atoms with van der Waals surface area (Å²) in [5, 5.41) is 1.66. The Balaban J connectivity index is 1.74. The van der Waals surface area contributed by atoms with E-state index in [1.54, 1.807) is 23.7 Å². The van der Waals surface area contributed by atoms with Crippen LogP contribution in [0.2, 0.25) is 0 Å². The Bertz CT molecular complexity index is 594. The van der Waals surface area contributed by atoms with Gasteiger partial charge in [0.25, 0.3) is 11.8 Å². The van der Waals surface area contributed by atoms with Crippen LogP contribution in [0, 0.1) is 0 Å². The Morgan fingerprint density at radius 2 is 1.85 bits per heavy atom. The van der Waals surface area contributed by atoms with Crippen molar-refractivity contribution in [2.75, 3.05) is 0 Å². The van der Waals surface area contributed by atoms with E-state index in [9.17, 15) is 9.59 Å². The van der Waals surface area contributed by atoms with Crippen molar-refractivity contribution in [1.29, 1.82) is 0 Å². The molecule has 0 radical (unpaired) electrons. The van der Waals surface area contributed by atoms with Crippen molar-refractivity contribution < 1.29 is 9.59 Å². The summed E-state index contributed by atoms with van der Waals surface area (Å²) in [4.78, 5) is 26.8. The Morgan fingerprint density at radius 1 is 1.05 bits per heavy atom. The minimum absolute atomic E-state index is 0.382. The second-order valence-electron chi connectivity index (χ2n) is 3.76. The molecule has 0 spiro atoms. The molecule has 0 saturated heterocycles. The second-order valence-corrected chi connectivity index (χ2v) is 4.74. The predicted molar refractivity (Wildman–Crippen MR) is 77.8 cm³/mol. The first-order valence-electron chi connectivity index (χ1n) is 5.87. The van der Waals surface area contributed by atoms with Gasteiger partial charge in [-0.15, -0.1) is 0 Å². The number of nitrogens with one attached hydrogen (secondary N) is 3. The zero-order chi connectivity index (χ0) is 14.2. The molecular weight excluding hydrogens is 274 g/mol. The molecule has 2 rings (SSSR count). The molecule has 2 aromatic rings. The van der Waals surface area contributed by atoms with Crippen LogP contribution in [0.15, 0.2) is 65.0 Å². The third-order valence-electron chi connectivity index (χ3n) is 2.31. The maximum atomic E-state index is 11.5. The fraction of sp³-hybridized carbons (Fsp3) is 0. The van der Waals surface area contributed by atoms with Gasteiger partial charge in [0.1, 0.15) is 5.69 Å². The van der Waals surface area contributed by atoms with Gasteiger partial charge in [0, 0.05) is 17.2 Å². The molecule has 6 heteroatoms. The molecule has 3 N–H and O–H groups in total. The molecule has 0 saturated carbocycles. The highest BCUT2D eigenvalue weighted by atomic mass is 32.2. The zero-order valence-electron chi connectivity index (χ0n) is 10.5. The van der Waals surface area contributed by atoms with E-state index in [2.05, 4.69) is 15.8 Å². The number of H-pyrrole nitrogens is 1. The normalized spacial score (nSPS) is 10.4. The Hall–Kier alpha value is -2.47. The van der Waals surface area contributed by atoms with Gasteiger partial charge in [-0.05, 0) is 29.7 Å². The molecule has 0 aliphatic carbocycles. The summed E-state index contributed by atoms with van der Waals surface area (Å²) in [6.07, 6.45) is 2.99. The fourth-order valence-corrected chi connectivity index (χ4v) is 2.04. The van der Waals surface area contributed by atoms with Crippen LogP contribution in [0.4, 0.5) is 0 Å². The topological polar surface area (TPSA) is 74.0 Å². The SMILES string of the molecule is O=C(/C=C/Sc1ccccc1)NNC(=O)c1ccc[nH]1. The third kappa shape index (κ3) is 4.33. The van der Waals surface area contributed by atoms with E-state index in [1.165, 1.54) is 17.8 Å². The molecule has 0 fully saturated rings. The molecule has 2 amide bonds. The molecule has 0 unspecified atom stereocenters. The molecule has 0 bridgehead atoms. The first kappa shape index (κ1) is 14.0. The highest BCUT2D eigenvalue weighted by Gasteiger charge is 2.05. The number of aromatic nitrogens is 1. The maximum Gasteiger partial charge on any atom is 0.286 e. The summed E-state index contributed by atoms with van der Waals surface area (Å²) in [6, 6.07) is 13.0. The van der Waals surface area contributed by atoms with Crippen molar-refractivity contribution >= 4 is 23.6 Å². The Kier molecular flexibility index (Phi) is 5.02. The summed E-state index contributed by atoms with van der Waals surface area (Å²) < 4.78 is 0. The number of thioether (sulfide) groups is 1. The lowest BCUT2D eigenvalue weighted by molar-refractivity contribution is -0.117. The van der Waals surface area contributed by atoms with Crippen molar-refractivity contribution in [2.24, 2.45) is 0 Å². The molecule has 5 nitrogen and oxygen atoms in total. The first-order valence-corrected chi connectivity index (χ1v) is 6.75. The number of rotatable bonds is 4. The van der Waals surface area contributed by atoms with Crippen LogP contribution in [-0.4, -0.2) is 16.8 Å². The summed E-state index contributed by atoms with van der Waals surface area (Å²) in [5.74, 6) is -0.791. The van der Waals surface area contributed by atoms with Crippen molar-refractivity contribution in [3.63, 3.8) is 0 Å². The van der Waals surface area contributed by atoms with Crippen LogP contribution in [0.1, 0.15) is 10.5 Å². The third-order valence-corrected chi connectivity index (χ3v) is 3.13. The van der Waals surface area contributed by atoms with Gasteiger partial charge in [0.2, 0.25) is 0 Å². The van der Waals surface area contributed by atoms with Gasteiger partial charge in [-0.25, -0.2) is 0 Å². The number of aromatic amines is 1. The standard InChI is InChI=1S/C14H13N3O2S/c18-13(8-10-20-11-5-2-1-3-6-11)16-17-14(19)12-7-4-9-15-12/h1-10,15H,(H,16,18)(H,17,19)/b10-8+. The summed E-state index contributed by atoms with van der Waals surface area (Å²) in [7, 11) is 0. The van der Waals surface area contributed by atoms with Crippen LogP contribution in [0.3, 0.4) is 0 Å². The molecule has 20 heavy (non-hydrogen) atoms. The van der Waals surface area contributed by atoms with Gasteiger partial charge in [-0.3, -0.25) is 20.4 Å². The Morgan fingerprint density at radius 3 is 2.55 bits per heavy atom. The number of benzene rings is 1. The monoisotopic (exact) mass is 287 g/mol. The molecule has 102 valence electrons. The smallest absolute Gasteiger partial charge is 0.286 e. The molecular formula is C14H13N3O2S. The van der Waals surface area contributed by atoms with Gasteiger partial charge in [-0.1, -0.05) is 30.0 Å². The highest BCUT2D eigenvalue weighted by molar-refractivity contribution is 8.02. The van der Waals surface area contributed by atoms with E-state index in [-0.39, 0.29) is 0 Å².